The molecule has 0 amide bonds. The number of aromatic nitrogens is 1. The molecule has 0 saturated carbocycles. The number of pyridine rings is 1. The van der Waals surface area contributed by atoms with Crippen LogP contribution in [-0.4, -0.2) is 4.98 Å². The van der Waals surface area contributed by atoms with Crippen molar-refractivity contribution in [3.05, 3.63) is 28.0 Å². The quantitative estimate of drug-likeness (QED) is 0.713. The van der Waals surface area contributed by atoms with Crippen LogP contribution in [0.1, 0.15) is 11.3 Å². The van der Waals surface area contributed by atoms with Gasteiger partial charge in [0.05, 0.1) is 18.2 Å². The summed E-state index contributed by atoms with van der Waals surface area (Å²) in [7, 11) is 0. The Kier molecular flexibility index (Phi) is 2.61. The van der Waals surface area contributed by atoms with Crippen LogP contribution < -0.4 is 0 Å². The molecule has 11 heavy (non-hydrogen) atoms. The third-order valence-corrected chi connectivity index (χ3v) is 2.19. The minimum atomic E-state index is 0.383. The summed E-state index contributed by atoms with van der Waals surface area (Å²) in [4.78, 5) is 4.06. The van der Waals surface area contributed by atoms with Gasteiger partial charge in [0.15, 0.2) is 0 Å². The molecule has 0 radical (unpaired) electrons. The monoisotopic (exact) mass is 210 g/mol. The van der Waals surface area contributed by atoms with Crippen LogP contribution in [0, 0.1) is 18.3 Å². The molecule has 0 spiro atoms. The van der Waals surface area contributed by atoms with Gasteiger partial charge in [0.2, 0.25) is 0 Å². The Bertz CT molecular complexity index is 301. The summed E-state index contributed by atoms with van der Waals surface area (Å²) in [5.41, 5.74) is 1.94. The van der Waals surface area contributed by atoms with Gasteiger partial charge in [-0.15, -0.1) is 0 Å². The van der Waals surface area contributed by atoms with Gasteiger partial charge < -0.3 is 0 Å². The van der Waals surface area contributed by atoms with E-state index in [1.807, 2.05) is 13.0 Å². The van der Waals surface area contributed by atoms with Gasteiger partial charge in [-0.25, -0.2) is 0 Å². The molecule has 1 heterocycles. The van der Waals surface area contributed by atoms with Gasteiger partial charge in [0, 0.05) is 10.7 Å². The van der Waals surface area contributed by atoms with E-state index in [1.54, 1.807) is 6.20 Å². The number of hydrogen-bond donors (Lipinski definition) is 0. The summed E-state index contributed by atoms with van der Waals surface area (Å²) in [5.74, 6) is 0. The number of hydrogen-bond acceptors (Lipinski definition) is 2. The van der Waals surface area contributed by atoms with Crippen LogP contribution in [0.5, 0.6) is 0 Å². The maximum Gasteiger partial charge on any atom is 0.0774 e. The molecule has 0 aromatic carbocycles. The Labute approximate surface area is 74.0 Å². The smallest absolute Gasteiger partial charge is 0.0774 e. The average molecular weight is 211 g/mol. The predicted octanol–water partition coefficient (Wildman–Crippen LogP) is 2.22. The molecule has 1 aromatic rings. The molecule has 0 aliphatic carbocycles. The van der Waals surface area contributed by atoms with Crippen molar-refractivity contribution in [2.45, 2.75) is 13.3 Å². The van der Waals surface area contributed by atoms with Crippen molar-refractivity contribution < 1.29 is 0 Å². The van der Waals surface area contributed by atoms with Crippen molar-refractivity contribution in [1.29, 1.82) is 5.26 Å². The lowest BCUT2D eigenvalue weighted by Crippen LogP contribution is -1.88. The molecule has 0 bridgehead atoms. The number of rotatable bonds is 1. The van der Waals surface area contributed by atoms with Crippen molar-refractivity contribution in [1.82, 2.24) is 4.98 Å². The molecule has 0 unspecified atom stereocenters. The molecular weight excluding hydrogens is 204 g/mol. The lowest BCUT2D eigenvalue weighted by Gasteiger charge is -1.97. The molecule has 0 saturated heterocycles. The van der Waals surface area contributed by atoms with Crippen molar-refractivity contribution >= 4 is 15.9 Å². The first-order chi connectivity index (χ1) is 5.24. The second-order valence-electron chi connectivity index (χ2n) is 2.26. The van der Waals surface area contributed by atoms with Gasteiger partial charge in [-0.3, -0.25) is 4.98 Å². The fraction of sp³-hybridized carbons (Fsp3) is 0.250. The van der Waals surface area contributed by atoms with Crippen LogP contribution >= 0.6 is 15.9 Å². The van der Waals surface area contributed by atoms with E-state index in [2.05, 4.69) is 27.0 Å². The van der Waals surface area contributed by atoms with E-state index >= 15 is 0 Å². The van der Waals surface area contributed by atoms with Crippen LogP contribution in [0.4, 0.5) is 0 Å². The van der Waals surface area contributed by atoms with E-state index in [1.165, 1.54) is 0 Å². The highest BCUT2D eigenvalue weighted by Crippen LogP contribution is 2.14. The summed E-state index contributed by atoms with van der Waals surface area (Å²) in [6.07, 6.45) is 2.11. The molecule has 0 atom stereocenters. The Hall–Kier alpha value is -0.880. The van der Waals surface area contributed by atoms with E-state index in [9.17, 15) is 0 Å². The minimum absolute atomic E-state index is 0.383. The largest absolute Gasteiger partial charge is 0.259 e. The maximum absolute atomic E-state index is 8.38. The first-order valence-corrected chi connectivity index (χ1v) is 4.01. The minimum Gasteiger partial charge on any atom is -0.259 e. The third kappa shape index (κ3) is 2.02. The fourth-order valence-corrected chi connectivity index (χ4v) is 0.992. The zero-order valence-electron chi connectivity index (χ0n) is 6.13. The van der Waals surface area contributed by atoms with E-state index in [0.717, 1.165) is 15.7 Å². The molecule has 2 nitrogen and oxygen atoms in total. The second-order valence-corrected chi connectivity index (χ2v) is 3.11. The molecule has 56 valence electrons. The third-order valence-electron chi connectivity index (χ3n) is 1.36. The summed E-state index contributed by atoms with van der Waals surface area (Å²) in [6, 6.07) is 3.96. The van der Waals surface area contributed by atoms with Gasteiger partial charge in [-0.1, -0.05) is 0 Å². The van der Waals surface area contributed by atoms with Gasteiger partial charge in [0.25, 0.3) is 0 Å². The van der Waals surface area contributed by atoms with Gasteiger partial charge in [-0.2, -0.15) is 5.26 Å². The van der Waals surface area contributed by atoms with Gasteiger partial charge in [0.1, 0.15) is 0 Å². The summed E-state index contributed by atoms with van der Waals surface area (Å²) in [6.45, 7) is 1.98. The highest BCUT2D eigenvalue weighted by Gasteiger charge is 1.96. The maximum atomic E-state index is 8.38. The Morgan fingerprint density at radius 3 is 3.00 bits per heavy atom. The van der Waals surface area contributed by atoms with E-state index in [4.69, 9.17) is 5.26 Å². The molecule has 1 rings (SSSR count). The van der Waals surface area contributed by atoms with Crippen molar-refractivity contribution in [2.75, 3.05) is 0 Å². The molecule has 0 fully saturated rings. The summed E-state index contributed by atoms with van der Waals surface area (Å²) in [5, 5.41) is 8.38. The topological polar surface area (TPSA) is 36.7 Å². The standard InChI is InChI=1S/C8H7BrN2/c1-6-4-7(2-3-10)11-5-8(6)9/h4-5H,2H2,1H3. The average Bonchev–Trinajstić information content (AvgIpc) is 1.98. The fourth-order valence-electron chi connectivity index (χ4n) is 0.775. The van der Waals surface area contributed by atoms with Crippen LogP contribution in [0.25, 0.3) is 0 Å². The van der Waals surface area contributed by atoms with E-state index < -0.39 is 0 Å². The summed E-state index contributed by atoms with van der Waals surface area (Å²) >= 11 is 3.34. The Morgan fingerprint density at radius 1 is 1.73 bits per heavy atom. The van der Waals surface area contributed by atoms with Crippen LogP contribution in [0.15, 0.2) is 16.7 Å². The molecule has 1 aromatic heterocycles. The normalized spacial score (nSPS) is 9.18. The highest BCUT2D eigenvalue weighted by atomic mass is 79.9. The number of nitrogens with zero attached hydrogens (tertiary/aromatic N) is 2. The second kappa shape index (κ2) is 3.49. The van der Waals surface area contributed by atoms with Crippen LogP contribution in [0.3, 0.4) is 0 Å². The Balaban J connectivity index is 2.98. The lowest BCUT2D eigenvalue weighted by molar-refractivity contribution is 1.09. The number of halogens is 1. The van der Waals surface area contributed by atoms with Crippen LogP contribution in [0.2, 0.25) is 0 Å². The first kappa shape index (κ1) is 8.22. The van der Waals surface area contributed by atoms with Gasteiger partial charge in [-0.05, 0) is 34.5 Å². The molecular formula is C8H7BrN2. The first-order valence-electron chi connectivity index (χ1n) is 3.22. The zero-order chi connectivity index (χ0) is 8.27. The predicted molar refractivity (Wildman–Crippen MR) is 46.0 cm³/mol. The van der Waals surface area contributed by atoms with Crippen molar-refractivity contribution in [3.8, 4) is 6.07 Å². The van der Waals surface area contributed by atoms with E-state index in [0.29, 0.717) is 6.42 Å². The SMILES string of the molecule is Cc1cc(CC#N)ncc1Br. The molecule has 3 heteroatoms. The summed E-state index contributed by atoms with van der Waals surface area (Å²) < 4.78 is 0.985. The van der Waals surface area contributed by atoms with E-state index in [-0.39, 0.29) is 0 Å². The molecule has 0 aliphatic rings. The zero-order valence-corrected chi connectivity index (χ0v) is 7.72. The molecule has 0 aliphatic heterocycles. The van der Waals surface area contributed by atoms with Crippen LogP contribution in [-0.2, 0) is 6.42 Å². The highest BCUT2D eigenvalue weighted by molar-refractivity contribution is 9.10. The Morgan fingerprint density at radius 2 is 2.45 bits per heavy atom. The van der Waals surface area contributed by atoms with Crippen molar-refractivity contribution in [3.63, 3.8) is 0 Å². The van der Waals surface area contributed by atoms with Gasteiger partial charge >= 0.3 is 0 Å². The lowest BCUT2D eigenvalue weighted by atomic mass is 10.2. The molecule has 0 N–H and O–H groups in total. The number of aryl methyl sites for hydroxylation is 1. The van der Waals surface area contributed by atoms with Crippen molar-refractivity contribution in [2.24, 2.45) is 0 Å². The number of nitriles is 1.